The molecule has 2 amide bonds. The van der Waals surface area contributed by atoms with Crippen LogP contribution in [0, 0.1) is 19.7 Å². The van der Waals surface area contributed by atoms with E-state index in [1.165, 1.54) is 12.1 Å². The third-order valence-corrected chi connectivity index (χ3v) is 7.30. The molecule has 0 spiro atoms. The number of benzene rings is 2. The fraction of sp³-hybridized carbons (Fsp3) is 0.231. The van der Waals surface area contributed by atoms with Crippen molar-refractivity contribution in [2.45, 2.75) is 39.4 Å². The zero-order valence-corrected chi connectivity index (χ0v) is 19.5. The number of carbonyl (C=O) groups is 2. The summed E-state index contributed by atoms with van der Waals surface area (Å²) >= 11 is 1.56. The van der Waals surface area contributed by atoms with Gasteiger partial charge in [-0.25, -0.2) is 4.39 Å². The van der Waals surface area contributed by atoms with Gasteiger partial charge in [0.2, 0.25) is 5.91 Å². The van der Waals surface area contributed by atoms with Gasteiger partial charge >= 0.3 is 0 Å². The van der Waals surface area contributed by atoms with E-state index in [-0.39, 0.29) is 24.2 Å². The lowest BCUT2D eigenvalue weighted by Gasteiger charge is -2.44. The van der Waals surface area contributed by atoms with Crippen LogP contribution in [0.4, 0.5) is 10.1 Å². The predicted octanol–water partition coefficient (Wildman–Crippen LogP) is 5.19. The van der Waals surface area contributed by atoms with E-state index < -0.39 is 5.54 Å². The van der Waals surface area contributed by atoms with Crippen molar-refractivity contribution in [2.24, 2.45) is 0 Å². The Hall–Kier alpha value is -3.45. The molecule has 2 aromatic carbocycles. The Kier molecular flexibility index (Phi) is 5.09. The van der Waals surface area contributed by atoms with Crippen LogP contribution >= 0.6 is 11.3 Å². The predicted molar refractivity (Wildman–Crippen MR) is 129 cm³/mol. The molecular formula is C26H24FN3O2S. The third kappa shape index (κ3) is 3.53. The smallest absolute Gasteiger partial charge is 0.275 e. The molecule has 168 valence electrons. The molecule has 0 saturated carbocycles. The molecule has 3 heterocycles. The fourth-order valence-electron chi connectivity index (χ4n) is 4.51. The monoisotopic (exact) mass is 461 g/mol. The SMILES string of the molecule is Cc1ccc(C)c(N2C(=O)c3cc4ccsc4n3C[C@]2(C)C(=O)NCc2ccc(F)cc2)c1. The summed E-state index contributed by atoms with van der Waals surface area (Å²) in [6.45, 7) is 6.32. The number of anilines is 1. The summed E-state index contributed by atoms with van der Waals surface area (Å²) in [5.74, 6) is -0.779. The Morgan fingerprint density at radius 3 is 2.64 bits per heavy atom. The van der Waals surface area contributed by atoms with Gasteiger partial charge in [0.1, 0.15) is 21.9 Å². The summed E-state index contributed by atoms with van der Waals surface area (Å²) < 4.78 is 15.2. The van der Waals surface area contributed by atoms with Crippen LogP contribution in [0.1, 0.15) is 34.1 Å². The van der Waals surface area contributed by atoms with E-state index >= 15 is 0 Å². The number of halogens is 1. The molecule has 0 bridgehead atoms. The van der Waals surface area contributed by atoms with E-state index in [4.69, 9.17) is 0 Å². The van der Waals surface area contributed by atoms with Gasteiger partial charge in [-0.2, -0.15) is 0 Å². The number of thiophene rings is 1. The van der Waals surface area contributed by atoms with Gasteiger partial charge in [-0.05, 0) is 73.2 Å². The number of fused-ring (bicyclic) bond motifs is 3. The molecule has 0 radical (unpaired) electrons. The Labute approximate surface area is 195 Å². The molecule has 1 atom stereocenters. The van der Waals surface area contributed by atoms with Crippen LogP contribution in [0.5, 0.6) is 0 Å². The molecule has 0 fully saturated rings. The number of hydrogen-bond acceptors (Lipinski definition) is 3. The second-order valence-corrected chi connectivity index (χ2v) is 9.70. The van der Waals surface area contributed by atoms with E-state index in [9.17, 15) is 14.0 Å². The molecule has 7 heteroatoms. The maximum absolute atomic E-state index is 13.9. The van der Waals surface area contributed by atoms with Gasteiger partial charge in [0, 0.05) is 17.6 Å². The molecule has 2 aromatic heterocycles. The average Bonchev–Trinajstić information content (AvgIpc) is 3.38. The standard InChI is InChI=1S/C26H24FN3O2S/c1-16-4-5-17(2)21(12-16)30-23(31)22-13-19-10-11-33-24(19)29(22)15-26(30,3)25(32)28-14-18-6-8-20(27)9-7-18/h4-13H,14-15H2,1-3H3,(H,28,32)/t26-/m1/s1. The quantitative estimate of drug-likeness (QED) is 0.455. The van der Waals surface area contributed by atoms with Crippen molar-refractivity contribution in [2.75, 3.05) is 4.90 Å². The molecule has 1 aliphatic rings. The molecule has 0 unspecified atom stereocenters. The van der Waals surface area contributed by atoms with Crippen molar-refractivity contribution in [3.05, 3.63) is 88.2 Å². The number of aromatic nitrogens is 1. The van der Waals surface area contributed by atoms with Crippen molar-refractivity contribution >= 4 is 39.1 Å². The van der Waals surface area contributed by atoms with Crippen LogP contribution in [0.3, 0.4) is 0 Å². The zero-order chi connectivity index (χ0) is 23.3. The number of nitrogens with zero attached hydrogens (tertiary/aromatic N) is 2. The number of carbonyl (C=O) groups excluding carboxylic acids is 2. The van der Waals surface area contributed by atoms with Crippen LogP contribution in [-0.4, -0.2) is 21.9 Å². The highest BCUT2D eigenvalue weighted by molar-refractivity contribution is 7.16. The number of amides is 2. The Morgan fingerprint density at radius 2 is 1.88 bits per heavy atom. The summed E-state index contributed by atoms with van der Waals surface area (Å²) in [6, 6.07) is 15.9. The minimum atomic E-state index is -1.15. The second-order valence-electron chi connectivity index (χ2n) is 8.81. The van der Waals surface area contributed by atoms with Crippen LogP contribution in [-0.2, 0) is 17.9 Å². The zero-order valence-electron chi connectivity index (χ0n) is 18.7. The van der Waals surface area contributed by atoms with Gasteiger partial charge in [-0.3, -0.25) is 14.5 Å². The highest BCUT2D eigenvalue weighted by Crippen LogP contribution is 2.38. The first-order chi connectivity index (χ1) is 15.8. The van der Waals surface area contributed by atoms with Crippen molar-refractivity contribution in [3.8, 4) is 0 Å². The normalized spacial score (nSPS) is 17.9. The van der Waals surface area contributed by atoms with E-state index in [1.807, 2.05) is 61.1 Å². The van der Waals surface area contributed by atoms with Crippen LogP contribution in [0.15, 0.2) is 60.0 Å². The topological polar surface area (TPSA) is 54.3 Å². The minimum absolute atomic E-state index is 0.196. The molecule has 0 aliphatic carbocycles. The first-order valence-corrected chi connectivity index (χ1v) is 11.7. The summed E-state index contributed by atoms with van der Waals surface area (Å²) in [5.41, 5.74) is 2.89. The number of rotatable bonds is 4. The maximum atomic E-state index is 13.9. The first kappa shape index (κ1) is 21.4. The molecule has 5 rings (SSSR count). The lowest BCUT2D eigenvalue weighted by molar-refractivity contribution is -0.126. The van der Waals surface area contributed by atoms with Gasteiger partial charge in [-0.1, -0.05) is 24.3 Å². The summed E-state index contributed by atoms with van der Waals surface area (Å²) in [4.78, 5) is 30.2. The first-order valence-electron chi connectivity index (χ1n) is 10.8. The molecule has 1 N–H and O–H groups in total. The molecule has 5 nitrogen and oxygen atoms in total. The van der Waals surface area contributed by atoms with Crippen LogP contribution in [0.25, 0.3) is 10.2 Å². The molecule has 4 aromatic rings. The van der Waals surface area contributed by atoms with E-state index in [0.717, 1.165) is 32.6 Å². The second kappa shape index (κ2) is 7.85. The Bertz CT molecular complexity index is 1390. The molecular weight excluding hydrogens is 437 g/mol. The summed E-state index contributed by atoms with van der Waals surface area (Å²) in [6.07, 6.45) is 0. The highest BCUT2D eigenvalue weighted by atomic mass is 32.1. The van der Waals surface area contributed by atoms with Gasteiger partial charge in [0.25, 0.3) is 5.91 Å². The van der Waals surface area contributed by atoms with E-state index in [1.54, 1.807) is 28.4 Å². The Morgan fingerprint density at radius 1 is 1.12 bits per heavy atom. The fourth-order valence-corrected chi connectivity index (χ4v) is 5.41. The van der Waals surface area contributed by atoms with Gasteiger partial charge < -0.3 is 9.88 Å². The Balaban J connectivity index is 1.58. The van der Waals surface area contributed by atoms with Crippen molar-refractivity contribution in [1.29, 1.82) is 0 Å². The van der Waals surface area contributed by atoms with Gasteiger partial charge in [0.05, 0.1) is 6.54 Å². The minimum Gasteiger partial charge on any atom is -0.350 e. The molecule has 1 aliphatic heterocycles. The van der Waals surface area contributed by atoms with Crippen molar-refractivity contribution < 1.29 is 14.0 Å². The maximum Gasteiger partial charge on any atom is 0.275 e. The highest BCUT2D eigenvalue weighted by Gasteiger charge is 2.49. The largest absolute Gasteiger partial charge is 0.350 e. The number of aryl methyl sites for hydroxylation is 2. The van der Waals surface area contributed by atoms with Crippen LogP contribution in [0.2, 0.25) is 0 Å². The van der Waals surface area contributed by atoms with Crippen molar-refractivity contribution in [1.82, 2.24) is 9.88 Å². The molecule has 33 heavy (non-hydrogen) atoms. The van der Waals surface area contributed by atoms with E-state index in [2.05, 4.69) is 5.32 Å². The summed E-state index contributed by atoms with van der Waals surface area (Å²) in [7, 11) is 0. The lowest BCUT2D eigenvalue weighted by atomic mass is 9.92. The average molecular weight is 462 g/mol. The third-order valence-electron chi connectivity index (χ3n) is 6.35. The van der Waals surface area contributed by atoms with Gasteiger partial charge in [-0.15, -0.1) is 11.3 Å². The van der Waals surface area contributed by atoms with E-state index in [0.29, 0.717) is 12.2 Å². The molecule has 0 saturated heterocycles. The summed E-state index contributed by atoms with van der Waals surface area (Å²) in [5, 5.41) is 5.97. The lowest BCUT2D eigenvalue weighted by Crippen LogP contribution is -2.64. The van der Waals surface area contributed by atoms with Crippen LogP contribution < -0.4 is 10.2 Å². The van der Waals surface area contributed by atoms with Crippen molar-refractivity contribution in [3.63, 3.8) is 0 Å². The number of nitrogens with one attached hydrogen (secondary N) is 1. The van der Waals surface area contributed by atoms with Gasteiger partial charge in [0.15, 0.2) is 0 Å². The number of hydrogen-bond donors (Lipinski definition) is 1.